The van der Waals surface area contributed by atoms with Gasteiger partial charge in [0.15, 0.2) is 0 Å². The van der Waals surface area contributed by atoms with Gasteiger partial charge in [0.25, 0.3) is 0 Å². The highest BCUT2D eigenvalue weighted by molar-refractivity contribution is 4.84. The lowest BCUT2D eigenvalue weighted by molar-refractivity contribution is 0.119. The zero-order chi connectivity index (χ0) is 10.4. The SMILES string of the molecule is CC(C#N)CNC1CCCCCC1O. The Balaban J connectivity index is 2.30. The van der Waals surface area contributed by atoms with E-state index in [-0.39, 0.29) is 18.1 Å². The maximum atomic E-state index is 9.79. The third-order valence-corrected chi connectivity index (χ3v) is 2.89. The van der Waals surface area contributed by atoms with Crippen LogP contribution in [0.1, 0.15) is 39.0 Å². The first-order chi connectivity index (χ1) is 6.74. The summed E-state index contributed by atoms with van der Waals surface area (Å²) in [4.78, 5) is 0. The summed E-state index contributed by atoms with van der Waals surface area (Å²) in [6.45, 7) is 2.59. The number of aliphatic hydroxyl groups excluding tert-OH is 1. The van der Waals surface area contributed by atoms with Crippen LogP contribution in [0.2, 0.25) is 0 Å². The minimum absolute atomic E-state index is 0.0328. The Bertz CT molecular complexity index is 200. The van der Waals surface area contributed by atoms with Crippen molar-refractivity contribution >= 4 is 0 Å². The highest BCUT2D eigenvalue weighted by Crippen LogP contribution is 2.18. The molecule has 3 nitrogen and oxygen atoms in total. The summed E-state index contributed by atoms with van der Waals surface area (Å²) in [5, 5.41) is 21.7. The third-order valence-electron chi connectivity index (χ3n) is 2.89. The molecule has 0 aliphatic heterocycles. The van der Waals surface area contributed by atoms with E-state index in [1.807, 2.05) is 6.92 Å². The topological polar surface area (TPSA) is 56.0 Å². The molecule has 1 aliphatic rings. The molecule has 0 aromatic carbocycles. The van der Waals surface area contributed by atoms with Crippen LogP contribution >= 0.6 is 0 Å². The van der Waals surface area contributed by atoms with Crippen LogP contribution in [0.4, 0.5) is 0 Å². The van der Waals surface area contributed by atoms with Crippen molar-refractivity contribution in [1.82, 2.24) is 5.32 Å². The summed E-state index contributed by atoms with van der Waals surface area (Å²) >= 11 is 0. The summed E-state index contributed by atoms with van der Waals surface area (Å²) < 4.78 is 0. The van der Waals surface area contributed by atoms with Gasteiger partial charge < -0.3 is 10.4 Å². The third kappa shape index (κ3) is 3.65. The average molecular weight is 196 g/mol. The van der Waals surface area contributed by atoms with E-state index in [9.17, 15) is 5.11 Å². The number of nitrogens with one attached hydrogen (secondary N) is 1. The van der Waals surface area contributed by atoms with E-state index in [0.717, 1.165) is 19.3 Å². The number of nitriles is 1. The Hall–Kier alpha value is -0.590. The molecule has 0 heterocycles. The molecule has 0 bridgehead atoms. The summed E-state index contributed by atoms with van der Waals surface area (Å²) in [6.07, 6.45) is 5.27. The largest absolute Gasteiger partial charge is 0.392 e. The average Bonchev–Trinajstić information content (AvgIpc) is 2.39. The Morgan fingerprint density at radius 1 is 1.43 bits per heavy atom. The second-order valence-corrected chi connectivity index (χ2v) is 4.25. The zero-order valence-corrected chi connectivity index (χ0v) is 8.87. The molecule has 3 unspecified atom stereocenters. The van der Waals surface area contributed by atoms with Gasteiger partial charge in [-0.25, -0.2) is 0 Å². The monoisotopic (exact) mass is 196 g/mol. The molecule has 80 valence electrons. The molecule has 0 aromatic rings. The number of hydrogen-bond acceptors (Lipinski definition) is 3. The van der Waals surface area contributed by atoms with Gasteiger partial charge in [0.05, 0.1) is 18.1 Å². The van der Waals surface area contributed by atoms with Crippen molar-refractivity contribution in [2.24, 2.45) is 5.92 Å². The lowest BCUT2D eigenvalue weighted by Gasteiger charge is -2.22. The summed E-state index contributed by atoms with van der Waals surface area (Å²) in [7, 11) is 0. The van der Waals surface area contributed by atoms with Gasteiger partial charge in [0.1, 0.15) is 0 Å². The molecule has 3 heteroatoms. The number of rotatable bonds is 3. The van der Waals surface area contributed by atoms with E-state index >= 15 is 0 Å². The van der Waals surface area contributed by atoms with E-state index in [2.05, 4.69) is 11.4 Å². The normalized spacial score (nSPS) is 30.4. The smallest absolute Gasteiger partial charge is 0.0693 e. The van der Waals surface area contributed by atoms with E-state index < -0.39 is 0 Å². The molecule has 1 rings (SSSR count). The summed E-state index contributed by atoms with van der Waals surface area (Å²) in [6, 6.07) is 2.39. The zero-order valence-electron chi connectivity index (χ0n) is 8.87. The molecule has 14 heavy (non-hydrogen) atoms. The van der Waals surface area contributed by atoms with Gasteiger partial charge in [-0.15, -0.1) is 0 Å². The molecule has 2 N–H and O–H groups in total. The van der Waals surface area contributed by atoms with Crippen LogP contribution in [0.5, 0.6) is 0 Å². The lowest BCUT2D eigenvalue weighted by atomic mass is 10.1. The van der Waals surface area contributed by atoms with Crippen molar-refractivity contribution in [2.45, 2.75) is 51.2 Å². The van der Waals surface area contributed by atoms with Crippen LogP contribution in [0.15, 0.2) is 0 Å². The fraction of sp³-hybridized carbons (Fsp3) is 0.909. The van der Waals surface area contributed by atoms with Gasteiger partial charge in [-0.3, -0.25) is 0 Å². The van der Waals surface area contributed by atoms with Gasteiger partial charge in [0, 0.05) is 12.6 Å². The maximum absolute atomic E-state index is 9.79. The maximum Gasteiger partial charge on any atom is 0.0693 e. The standard InChI is InChI=1S/C11H20N2O/c1-9(7-12)8-13-10-5-3-2-4-6-11(10)14/h9-11,13-14H,2-6,8H2,1H3. The van der Waals surface area contributed by atoms with Crippen LogP contribution in [0.25, 0.3) is 0 Å². The molecular formula is C11H20N2O. The highest BCUT2D eigenvalue weighted by atomic mass is 16.3. The minimum Gasteiger partial charge on any atom is -0.392 e. The van der Waals surface area contributed by atoms with Crippen LogP contribution in [-0.2, 0) is 0 Å². The molecular weight excluding hydrogens is 176 g/mol. The molecule has 0 spiro atoms. The van der Waals surface area contributed by atoms with Crippen molar-refractivity contribution < 1.29 is 5.11 Å². The Morgan fingerprint density at radius 3 is 2.86 bits per heavy atom. The highest BCUT2D eigenvalue weighted by Gasteiger charge is 2.21. The minimum atomic E-state index is -0.219. The predicted molar refractivity (Wildman–Crippen MR) is 55.7 cm³/mol. The van der Waals surface area contributed by atoms with Gasteiger partial charge in [-0.1, -0.05) is 19.3 Å². The second-order valence-electron chi connectivity index (χ2n) is 4.25. The van der Waals surface area contributed by atoms with Gasteiger partial charge in [-0.2, -0.15) is 5.26 Å². The van der Waals surface area contributed by atoms with Crippen LogP contribution in [0.3, 0.4) is 0 Å². The number of nitrogens with zero attached hydrogens (tertiary/aromatic N) is 1. The predicted octanol–water partition coefficient (Wildman–Crippen LogP) is 1.43. The molecule has 0 amide bonds. The molecule has 0 aromatic heterocycles. The Morgan fingerprint density at radius 2 is 2.14 bits per heavy atom. The van der Waals surface area contributed by atoms with E-state index in [1.165, 1.54) is 12.8 Å². The molecule has 0 saturated heterocycles. The van der Waals surface area contributed by atoms with Crippen molar-refractivity contribution in [3.8, 4) is 6.07 Å². The summed E-state index contributed by atoms with van der Waals surface area (Å²) in [5.41, 5.74) is 0. The second kappa shape index (κ2) is 6.00. The quantitative estimate of drug-likeness (QED) is 0.671. The first-order valence-corrected chi connectivity index (χ1v) is 5.55. The Labute approximate surface area is 86.1 Å². The van der Waals surface area contributed by atoms with Gasteiger partial charge in [0.2, 0.25) is 0 Å². The molecule has 0 radical (unpaired) electrons. The van der Waals surface area contributed by atoms with E-state index in [4.69, 9.17) is 5.26 Å². The first kappa shape index (κ1) is 11.5. The van der Waals surface area contributed by atoms with Crippen molar-refractivity contribution in [2.75, 3.05) is 6.54 Å². The van der Waals surface area contributed by atoms with Gasteiger partial charge in [-0.05, 0) is 19.8 Å². The van der Waals surface area contributed by atoms with Crippen molar-refractivity contribution in [3.05, 3.63) is 0 Å². The molecule has 3 atom stereocenters. The van der Waals surface area contributed by atoms with Crippen molar-refractivity contribution in [1.29, 1.82) is 5.26 Å². The molecule has 1 aliphatic carbocycles. The summed E-state index contributed by atoms with van der Waals surface area (Å²) in [5.74, 6) is 0.0328. The van der Waals surface area contributed by atoms with E-state index in [1.54, 1.807) is 0 Å². The molecule has 1 fully saturated rings. The van der Waals surface area contributed by atoms with Crippen molar-refractivity contribution in [3.63, 3.8) is 0 Å². The first-order valence-electron chi connectivity index (χ1n) is 5.55. The van der Waals surface area contributed by atoms with Crippen LogP contribution in [-0.4, -0.2) is 23.8 Å². The lowest BCUT2D eigenvalue weighted by Crippen LogP contribution is -2.40. The van der Waals surface area contributed by atoms with Crippen LogP contribution in [0, 0.1) is 17.2 Å². The fourth-order valence-corrected chi connectivity index (χ4v) is 1.90. The van der Waals surface area contributed by atoms with E-state index in [0.29, 0.717) is 6.54 Å². The number of hydrogen-bond donors (Lipinski definition) is 2. The van der Waals surface area contributed by atoms with Gasteiger partial charge >= 0.3 is 0 Å². The number of aliphatic hydroxyl groups is 1. The van der Waals surface area contributed by atoms with Crippen LogP contribution < -0.4 is 5.32 Å². The fourth-order valence-electron chi connectivity index (χ4n) is 1.90. The Kier molecular flexibility index (Phi) is 4.92. The molecule has 1 saturated carbocycles.